The molecular formula is C42H59NO10. The number of allylic oxidation sites excluding steroid dienone is 4. The van der Waals surface area contributed by atoms with Crippen LogP contribution in [0.3, 0.4) is 0 Å². The number of Topliss-reactive ketones (excluding diaryl/α,β-unsaturated/α-hetero) is 1. The quantitative estimate of drug-likeness (QED) is 0.153. The van der Waals surface area contributed by atoms with Gasteiger partial charge in [0.2, 0.25) is 5.78 Å². The molecule has 6 aliphatic rings. The Morgan fingerprint density at radius 1 is 0.981 bits per heavy atom. The molecule has 2 heterocycles. The summed E-state index contributed by atoms with van der Waals surface area (Å²) in [5, 5.41) is 38.2. The van der Waals surface area contributed by atoms with Crippen molar-refractivity contribution in [2.75, 3.05) is 7.11 Å². The van der Waals surface area contributed by atoms with Gasteiger partial charge in [-0.1, -0.05) is 69.2 Å². The number of ketones is 1. The Balaban J connectivity index is 1.44. The molecule has 11 nitrogen and oxygen atoms in total. The van der Waals surface area contributed by atoms with E-state index in [4.69, 9.17) is 18.9 Å². The van der Waals surface area contributed by atoms with Gasteiger partial charge in [0.15, 0.2) is 11.9 Å². The lowest BCUT2D eigenvalue weighted by Gasteiger charge is -2.57. The van der Waals surface area contributed by atoms with E-state index in [2.05, 4.69) is 31.3 Å². The maximum atomic E-state index is 14.8. The molecule has 11 heteroatoms. The van der Waals surface area contributed by atoms with E-state index < -0.39 is 76.9 Å². The van der Waals surface area contributed by atoms with Gasteiger partial charge in [-0.05, 0) is 76.7 Å². The number of amides is 1. The Morgan fingerprint density at radius 3 is 2.32 bits per heavy atom. The average Bonchev–Trinajstić information content (AvgIpc) is 3.32. The molecule has 0 unspecified atom stereocenters. The molecular weight excluding hydrogens is 678 g/mol. The Labute approximate surface area is 313 Å². The zero-order valence-electron chi connectivity index (χ0n) is 32.8. The number of rotatable bonds is 3. The van der Waals surface area contributed by atoms with Gasteiger partial charge in [0.1, 0.15) is 11.3 Å². The number of carbonyl (C=O) groups excluding carboxylic acids is 3. The number of alkyl carbamates (subject to hydrolysis) is 1. The van der Waals surface area contributed by atoms with E-state index in [9.17, 15) is 29.7 Å². The molecule has 3 fully saturated rings. The second kappa shape index (κ2) is 14.1. The Hall–Kier alpha value is -3.25. The number of esters is 1. The van der Waals surface area contributed by atoms with Crippen molar-refractivity contribution < 1.29 is 48.7 Å². The summed E-state index contributed by atoms with van der Waals surface area (Å²) in [5.41, 5.74) is -1.66. The number of nitrogens with one attached hydrogen (secondary N) is 1. The third-order valence-corrected chi connectivity index (χ3v) is 13.8. The maximum absolute atomic E-state index is 14.8. The summed E-state index contributed by atoms with van der Waals surface area (Å²) in [7, 11) is 1.26. The summed E-state index contributed by atoms with van der Waals surface area (Å²) < 4.78 is 24.0. The first-order valence-electron chi connectivity index (χ1n) is 19.3. The van der Waals surface area contributed by atoms with Crippen molar-refractivity contribution in [3.8, 4) is 0 Å². The van der Waals surface area contributed by atoms with Gasteiger partial charge in [0.05, 0.1) is 37.1 Å². The van der Waals surface area contributed by atoms with E-state index in [0.717, 1.165) is 17.6 Å². The topological polar surface area (TPSA) is 161 Å². The standard InChI is InChI=1S/C42H59NO10/c1-20-11-14-30(44)22(3)17-27-16-21(2)25(6)18-42(27)37(46)32(38(47)53-42)36(45)41(9)29(20)13-12-28-33(41)23(4)15-24(5)34(28)52-31-19-40(8,49)35(26(7)51-31)43-39(48)50-10/h11-13,16-17,23-31,33-35,44-45,49H,14-15,18-19H2,1-10H3,(H,43,48)/t23-,24-,25+,26-,27-,28-,29-,30-,31-,33+,34-,35-,40-,41+,42-/m0/s1. The van der Waals surface area contributed by atoms with Crippen LogP contribution in [0.2, 0.25) is 0 Å². The maximum Gasteiger partial charge on any atom is 0.407 e. The summed E-state index contributed by atoms with van der Waals surface area (Å²) >= 11 is 0. The highest BCUT2D eigenvalue weighted by Gasteiger charge is 2.63. The molecule has 4 aliphatic carbocycles. The lowest BCUT2D eigenvalue weighted by Crippen LogP contribution is -2.63. The first kappa shape index (κ1) is 39.4. The minimum absolute atomic E-state index is 0.0329. The van der Waals surface area contributed by atoms with Crippen molar-refractivity contribution in [3.63, 3.8) is 0 Å². The summed E-state index contributed by atoms with van der Waals surface area (Å²) in [4.78, 5) is 41.0. The molecule has 1 amide bonds. The van der Waals surface area contributed by atoms with Crippen molar-refractivity contribution in [2.45, 2.75) is 130 Å². The van der Waals surface area contributed by atoms with Gasteiger partial charge in [-0.25, -0.2) is 9.59 Å². The zero-order valence-corrected chi connectivity index (χ0v) is 32.8. The fourth-order valence-corrected chi connectivity index (χ4v) is 10.8. The molecule has 53 heavy (non-hydrogen) atoms. The van der Waals surface area contributed by atoms with Crippen molar-refractivity contribution in [2.24, 2.45) is 46.8 Å². The van der Waals surface area contributed by atoms with Crippen LogP contribution < -0.4 is 5.32 Å². The van der Waals surface area contributed by atoms with E-state index in [0.29, 0.717) is 12.0 Å². The molecule has 0 aromatic rings. The van der Waals surface area contributed by atoms with Gasteiger partial charge in [-0.3, -0.25) is 4.79 Å². The first-order valence-corrected chi connectivity index (χ1v) is 19.3. The normalized spacial score (nSPS) is 45.8. The molecule has 292 valence electrons. The molecule has 2 bridgehead atoms. The Bertz CT molecular complexity index is 1670. The molecule has 2 saturated heterocycles. The minimum atomic E-state index is -1.53. The lowest BCUT2D eigenvalue weighted by molar-refractivity contribution is -0.276. The minimum Gasteiger partial charge on any atom is -0.511 e. The molecule has 1 saturated carbocycles. The highest BCUT2D eigenvalue weighted by atomic mass is 16.7. The van der Waals surface area contributed by atoms with E-state index >= 15 is 0 Å². The van der Waals surface area contributed by atoms with E-state index in [1.165, 1.54) is 7.11 Å². The highest BCUT2D eigenvalue weighted by molar-refractivity contribution is 6.26. The van der Waals surface area contributed by atoms with E-state index in [1.807, 2.05) is 52.8 Å². The van der Waals surface area contributed by atoms with Gasteiger partial charge in [-0.15, -0.1) is 0 Å². The summed E-state index contributed by atoms with van der Waals surface area (Å²) in [5.74, 6) is -3.12. The average molecular weight is 738 g/mol. The monoisotopic (exact) mass is 737 g/mol. The predicted octanol–water partition coefficient (Wildman–Crippen LogP) is 6.02. The number of fused-ring (bicyclic) bond motifs is 4. The number of ether oxygens (including phenoxy) is 4. The van der Waals surface area contributed by atoms with E-state index in [-0.39, 0.29) is 53.8 Å². The van der Waals surface area contributed by atoms with Crippen LogP contribution in [0.4, 0.5) is 4.79 Å². The number of hydrogen-bond donors (Lipinski definition) is 4. The van der Waals surface area contributed by atoms with Crippen LogP contribution in [0, 0.1) is 46.8 Å². The summed E-state index contributed by atoms with van der Waals surface area (Å²) in [6, 6.07) is -0.727. The number of carbonyl (C=O) groups is 3. The Morgan fingerprint density at radius 2 is 1.66 bits per heavy atom. The number of hydrogen-bond acceptors (Lipinski definition) is 10. The van der Waals surface area contributed by atoms with Crippen LogP contribution in [0.1, 0.15) is 88.0 Å². The third-order valence-electron chi connectivity index (χ3n) is 13.8. The van der Waals surface area contributed by atoms with Gasteiger partial charge in [-0.2, -0.15) is 0 Å². The fourth-order valence-electron chi connectivity index (χ4n) is 10.8. The third kappa shape index (κ3) is 6.53. The van der Waals surface area contributed by atoms with E-state index in [1.54, 1.807) is 13.8 Å². The van der Waals surface area contributed by atoms with Crippen molar-refractivity contribution in [3.05, 3.63) is 58.4 Å². The van der Waals surface area contributed by atoms with Crippen molar-refractivity contribution in [1.29, 1.82) is 0 Å². The van der Waals surface area contributed by atoms with Crippen molar-refractivity contribution >= 4 is 17.8 Å². The highest BCUT2D eigenvalue weighted by Crippen LogP contribution is 2.61. The second-order valence-corrected chi connectivity index (χ2v) is 17.5. The van der Waals surface area contributed by atoms with Crippen LogP contribution >= 0.6 is 0 Å². The van der Waals surface area contributed by atoms with Gasteiger partial charge < -0.3 is 39.6 Å². The summed E-state index contributed by atoms with van der Waals surface area (Å²) in [6.07, 6.45) is 8.16. The smallest absolute Gasteiger partial charge is 0.407 e. The Kier molecular flexibility index (Phi) is 10.5. The molecule has 0 radical (unpaired) electrons. The molecule has 0 aromatic carbocycles. The number of methoxy groups -OCH3 is 1. The van der Waals surface area contributed by atoms with Crippen LogP contribution in [0.5, 0.6) is 0 Å². The van der Waals surface area contributed by atoms with Crippen molar-refractivity contribution in [1.82, 2.24) is 5.32 Å². The number of aliphatic hydroxyl groups is 3. The molecule has 4 N–H and O–H groups in total. The molecule has 1 spiro atoms. The van der Waals surface area contributed by atoms with Gasteiger partial charge >= 0.3 is 12.1 Å². The van der Waals surface area contributed by atoms with Crippen LogP contribution in [0.25, 0.3) is 0 Å². The molecule has 15 atom stereocenters. The van der Waals surface area contributed by atoms with Crippen LogP contribution in [-0.2, 0) is 28.5 Å². The molecule has 6 rings (SSSR count). The van der Waals surface area contributed by atoms with Crippen LogP contribution in [-0.4, -0.2) is 82.1 Å². The first-order chi connectivity index (χ1) is 24.8. The molecule has 0 aromatic heterocycles. The summed E-state index contributed by atoms with van der Waals surface area (Å²) in [6.45, 7) is 17.5. The largest absolute Gasteiger partial charge is 0.511 e. The number of aliphatic hydroxyl groups excluding tert-OH is 2. The SMILES string of the molecule is COC(=O)N[C@H]1[C@H](C)O[C@@H](O[C@@H]2[C@H]3C=C[C@H]4C(C)=CC[C@H](O)C(C)=C[C@@H]5C=C(C)[C@H](C)C[C@]56OC(=O)C(=C(O)[C@@]4(C)[C@@H]3[C@@H](C)C[C@@H]2C)C6=O)C[C@]1(C)O. The van der Waals surface area contributed by atoms with Gasteiger partial charge in [0, 0.05) is 36.0 Å². The molecule has 2 aliphatic heterocycles. The fraction of sp³-hybridized carbons (Fsp3) is 0.690. The van der Waals surface area contributed by atoms with Gasteiger partial charge in [0.25, 0.3) is 0 Å². The predicted molar refractivity (Wildman–Crippen MR) is 197 cm³/mol. The van der Waals surface area contributed by atoms with Crippen LogP contribution in [0.15, 0.2) is 58.4 Å². The second-order valence-electron chi connectivity index (χ2n) is 17.5. The zero-order chi connectivity index (χ0) is 38.9. The lowest BCUT2D eigenvalue weighted by atomic mass is 9.49.